The van der Waals surface area contributed by atoms with E-state index >= 15 is 0 Å². The quantitative estimate of drug-likeness (QED) is 0.360. The van der Waals surface area contributed by atoms with Crippen molar-refractivity contribution in [1.29, 1.82) is 0 Å². The number of anilines is 1. The normalized spacial score (nSPS) is 14.9. The molecular formula is C24H19F4N5. The number of fused-ring (bicyclic) bond motifs is 1. The first kappa shape index (κ1) is 21.2. The van der Waals surface area contributed by atoms with Crippen molar-refractivity contribution in [3.63, 3.8) is 0 Å². The van der Waals surface area contributed by atoms with Gasteiger partial charge in [-0.25, -0.2) is 14.4 Å². The SMILES string of the molecule is CC(Nc1nnc(C2CC2)c2ccc(-c3ccc(F)cc3)cc12)c1cnc(C(F)(F)F)nc1. The van der Waals surface area contributed by atoms with Crippen LogP contribution in [-0.4, -0.2) is 20.2 Å². The standard InChI is InChI=1S/C24H19F4N5/c1-13(17-11-29-23(30-12-17)24(26,27)28)31-22-20-10-16(14-4-7-18(25)8-5-14)6-9-19(20)21(32-33-22)15-2-3-15/h4-13,15H,2-3H2,1H3,(H,31,33). The molecule has 1 atom stereocenters. The summed E-state index contributed by atoms with van der Waals surface area (Å²) in [4.78, 5) is 6.88. The summed E-state index contributed by atoms with van der Waals surface area (Å²) in [6.07, 6.45) is -0.144. The van der Waals surface area contributed by atoms with Crippen molar-refractivity contribution in [3.05, 3.63) is 77.8 Å². The molecule has 33 heavy (non-hydrogen) atoms. The fourth-order valence-corrected chi connectivity index (χ4v) is 3.76. The molecule has 0 spiro atoms. The third-order valence-electron chi connectivity index (χ3n) is 5.73. The van der Waals surface area contributed by atoms with Crippen LogP contribution in [0.4, 0.5) is 23.4 Å². The summed E-state index contributed by atoms with van der Waals surface area (Å²) in [6.45, 7) is 1.79. The van der Waals surface area contributed by atoms with Crippen LogP contribution in [0, 0.1) is 5.82 Å². The highest BCUT2D eigenvalue weighted by atomic mass is 19.4. The van der Waals surface area contributed by atoms with Gasteiger partial charge in [-0.05, 0) is 49.1 Å². The van der Waals surface area contributed by atoms with Crippen molar-refractivity contribution >= 4 is 16.6 Å². The maximum absolute atomic E-state index is 13.4. The zero-order chi connectivity index (χ0) is 23.2. The van der Waals surface area contributed by atoms with Gasteiger partial charge >= 0.3 is 6.18 Å². The molecule has 1 aliphatic carbocycles. The molecule has 1 N–H and O–H groups in total. The van der Waals surface area contributed by atoms with E-state index in [9.17, 15) is 17.6 Å². The molecule has 0 aliphatic heterocycles. The van der Waals surface area contributed by atoms with Gasteiger partial charge in [0.2, 0.25) is 5.82 Å². The van der Waals surface area contributed by atoms with E-state index in [2.05, 4.69) is 25.5 Å². The Bertz CT molecular complexity index is 1300. The van der Waals surface area contributed by atoms with Crippen molar-refractivity contribution in [1.82, 2.24) is 20.2 Å². The van der Waals surface area contributed by atoms with Crippen LogP contribution in [0.5, 0.6) is 0 Å². The lowest BCUT2D eigenvalue weighted by Crippen LogP contribution is -2.14. The number of hydrogen-bond acceptors (Lipinski definition) is 5. The van der Waals surface area contributed by atoms with Gasteiger partial charge in [-0.15, -0.1) is 5.10 Å². The first-order valence-electron chi connectivity index (χ1n) is 10.5. The predicted molar refractivity (Wildman–Crippen MR) is 116 cm³/mol. The van der Waals surface area contributed by atoms with Crippen molar-refractivity contribution < 1.29 is 17.6 Å². The molecule has 2 aromatic carbocycles. The summed E-state index contributed by atoms with van der Waals surface area (Å²) in [5.74, 6) is -0.602. The van der Waals surface area contributed by atoms with E-state index in [0.29, 0.717) is 17.3 Å². The maximum atomic E-state index is 13.4. The van der Waals surface area contributed by atoms with Gasteiger partial charge in [0.15, 0.2) is 5.82 Å². The lowest BCUT2D eigenvalue weighted by Gasteiger charge is -2.17. The van der Waals surface area contributed by atoms with Crippen molar-refractivity contribution in [2.24, 2.45) is 0 Å². The summed E-state index contributed by atoms with van der Waals surface area (Å²) < 4.78 is 51.7. The van der Waals surface area contributed by atoms with Gasteiger partial charge in [-0.1, -0.05) is 24.3 Å². The van der Waals surface area contributed by atoms with Gasteiger partial charge in [-0.2, -0.15) is 18.3 Å². The monoisotopic (exact) mass is 453 g/mol. The Morgan fingerprint density at radius 1 is 0.909 bits per heavy atom. The van der Waals surface area contributed by atoms with E-state index in [1.165, 1.54) is 12.1 Å². The van der Waals surface area contributed by atoms with Gasteiger partial charge in [0, 0.05) is 34.6 Å². The van der Waals surface area contributed by atoms with Gasteiger partial charge in [0.1, 0.15) is 5.82 Å². The summed E-state index contributed by atoms with van der Waals surface area (Å²) in [6, 6.07) is 11.8. The van der Waals surface area contributed by atoms with Gasteiger partial charge < -0.3 is 5.32 Å². The molecule has 0 radical (unpaired) electrons. The second-order valence-electron chi connectivity index (χ2n) is 8.18. The number of rotatable bonds is 5. The molecule has 9 heteroatoms. The molecule has 1 unspecified atom stereocenters. The molecule has 168 valence electrons. The van der Waals surface area contributed by atoms with Crippen LogP contribution in [0.1, 0.15) is 48.8 Å². The Morgan fingerprint density at radius 3 is 2.21 bits per heavy atom. The van der Waals surface area contributed by atoms with E-state index in [4.69, 9.17) is 0 Å². The summed E-state index contributed by atoms with van der Waals surface area (Å²) in [5, 5.41) is 13.9. The van der Waals surface area contributed by atoms with Crippen LogP contribution >= 0.6 is 0 Å². The van der Waals surface area contributed by atoms with E-state index in [-0.39, 0.29) is 5.82 Å². The van der Waals surface area contributed by atoms with Crippen molar-refractivity contribution in [3.8, 4) is 11.1 Å². The van der Waals surface area contributed by atoms with Crippen LogP contribution in [0.15, 0.2) is 54.9 Å². The minimum absolute atomic E-state index is 0.309. The van der Waals surface area contributed by atoms with E-state index in [0.717, 1.165) is 52.8 Å². The average Bonchev–Trinajstić information content (AvgIpc) is 3.64. The lowest BCUT2D eigenvalue weighted by atomic mass is 10.00. The molecule has 2 heterocycles. The number of benzene rings is 2. The van der Waals surface area contributed by atoms with Crippen LogP contribution < -0.4 is 5.32 Å². The van der Waals surface area contributed by atoms with Gasteiger partial charge in [-0.3, -0.25) is 0 Å². The topological polar surface area (TPSA) is 63.6 Å². The first-order chi connectivity index (χ1) is 15.8. The summed E-state index contributed by atoms with van der Waals surface area (Å²) in [7, 11) is 0. The Hall–Kier alpha value is -3.62. The number of alkyl halides is 3. The fraction of sp³-hybridized carbons (Fsp3) is 0.250. The minimum Gasteiger partial charge on any atom is -0.361 e. The Labute approximate surface area is 186 Å². The fourth-order valence-electron chi connectivity index (χ4n) is 3.76. The smallest absolute Gasteiger partial charge is 0.361 e. The van der Waals surface area contributed by atoms with Crippen LogP contribution in [-0.2, 0) is 6.18 Å². The minimum atomic E-state index is -4.59. The number of nitrogens with one attached hydrogen (secondary N) is 1. The maximum Gasteiger partial charge on any atom is 0.451 e. The average molecular weight is 453 g/mol. The first-order valence-corrected chi connectivity index (χ1v) is 10.5. The van der Waals surface area contributed by atoms with E-state index in [1.54, 1.807) is 19.1 Å². The highest BCUT2D eigenvalue weighted by Crippen LogP contribution is 2.43. The molecule has 0 saturated heterocycles. The largest absolute Gasteiger partial charge is 0.451 e. The third-order valence-corrected chi connectivity index (χ3v) is 5.73. The molecular weight excluding hydrogens is 434 g/mol. The van der Waals surface area contributed by atoms with Gasteiger partial charge in [0.05, 0.1) is 11.7 Å². The zero-order valence-corrected chi connectivity index (χ0v) is 17.6. The Kier molecular flexibility index (Phi) is 5.19. The lowest BCUT2D eigenvalue weighted by molar-refractivity contribution is -0.145. The van der Waals surface area contributed by atoms with Crippen molar-refractivity contribution in [2.75, 3.05) is 5.32 Å². The molecule has 0 amide bonds. The summed E-state index contributed by atoms with van der Waals surface area (Å²) in [5.41, 5.74) is 3.18. The second kappa shape index (κ2) is 8.06. The predicted octanol–water partition coefficient (Wildman–Crippen LogP) is 6.30. The third kappa shape index (κ3) is 4.35. The number of hydrogen-bond donors (Lipinski definition) is 1. The Morgan fingerprint density at radius 2 is 1.58 bits per heavy atom. The molecule has 1 aliphatic rings. The van der Waals surface area contributed by atoms with Crippen LogP contribution in [0.2, 0.25) is 0 Å². The Balaban J connectivity index is 1.52. The molecule has 5 nitrogen and oxygen atoms in total. The zero-order valence-electron chi connectivity index (χ0n) is 17.6. The van der Waals surface area contributed by atoms with Gasteiger partial charge in [0.25, 0.3) is 0 Å². The molecule has 5 rings (SSSR count). The van der Waals surface area contributed by atoms with Crippen LogP contribution in [0.3, 0.4) is 0 Å². The molecule has 4 aromatic rings. The highest BCUT2D eigenvalue weighted by molar-refractivity contribution is 5.96. The van der Waals surface area contributed by atoms with E-state index < -0.39 is 18.0 Å². The summed E-state index contributed by atoms with van der Waals surface area (Å²) >= 11 is 0. The number of aromatic nitrogens is 4. The van der Waals surface area contributed by atoms with Crippen LogP contribution in [0.25, 0.3) is 21.9 Å². The number of halogens is 4. The van der Waals surface area contributed by atoms with Crippen molar-refractivity contribution in [2.45, 2.75) is 37.9 Å². The highest BCUT2D eigenvalue weighted by Gasteiger charge is 2.34. The molecule has 0 bridgehead atoms. The molecule has 1 fully saturated rings. The number of nitrogens with zero attached hydrogens (tertiary/aromatic N) is 4. The molecule has 2 aromatic heterocycles. The second-order valence-corrected chi connectivity index (χ2v) is 8.18. The van der Waals surface area contributed by atoms with E-state index in [1.807, 2.05) is 18.2 Å². The molecule has 1 saturated carbocycles.